The average molecular weight is 224 g/mol. The first-order valence-corrected chi connectivity index (χ1v) is 6.42. The normalized spacial score (nSPS) is 12.7. The van der Waals surface area contributed by atoms with Crippen LogP contribution in [0.4, 0.5) is 0 Å². The molecule has 2 nitrogen and oxygen atoms in total. The summed E-state index contributed by atoms with van der Waals surface area (Å²) in [6, 6.07) is 0.611. The average Bonchev–Trinajstić information content (AvgIpc) is 2.28. The maximum absolute atomic E-state index is 3.80. The summed E-state index contributed by atoms with van der Waals surface area (Å²) in [7, 11) is 0. The molecule has 16 heavy (non-hydrogen) atoms. The van der Waals surface area contributed by atoms with Gasteiger partial charge in [0, 0.05) is 19.1 Å². The Bertz CT molecular complexity index is 168. The lowest BCUT2D eigenvalue weighted by molar-refractivity contribution is 0.241. The van der Waals surface area contributed by atoms with E-state index in [0.717, 1.165) is 26.2 Å². The van der Waals surface area contributed by atoms with Gasteiger partial charge in [-0.2, -0.15) is 0 Å². The fourth-order valence-corrected chi connectivity index (χ4v) is 1.77. The van der Waals surface area contributed by atoms with Crippen molar-refractivity contribution in [2.45, 2.75) is 39.2 Å². The summed E-state index contributed by atoms with van der Waals surface area (Å²) < 4.78 is 0. The Morgan fingerprint density at radius 1 is 1.19 bits per heavy atom. The summed E-state index contributed by atoms with van der Waals surface area (Å²) in [6.45, 7) is 16.3. The summed E-state index contributed by atoms with van der Waals surface area (Å²) in [5, 5.41) is 3.43. The van der Waals surface area contributed by atoms with E-state index in [1.165, 1.54) is 19.3 Å². The molecule has 1 N–H and O–H groups in total. The molecule has 0 saturated heterocycles. The van der Waals surface area contributed by atoms with Crippen molar-refractivity contribution >= 4 is 0 Å². The highest BCUT2D eigenvalue weighted by Crippen LogP contribution is 2.06. The Balaban J connectivity index is 3.68. The maximum atomic E-state index is 3.80. The van der Waals surface area contributed by atoms with Gasteiger partial charge in [0.1, 0.15) is 0 Å². The molecular weight excluding hydrogens is 196 g/mol. The summed E-state index contributed by atoms with van der Waals surface area (Å²) in [5.41, 5.74) is 0. The van der Waals surface area contributed by atoms with Crippen molar-refractivity contribution in [2.75, 3.05) is 26.2 Å². The van der Waals surface area contributed by atoms with Gasteiger partial charge >= 0.3 is 0 Å². The zero-order valence-electron chi connectivity index (χ0n) is 11.0. The standard InChI is InChI=1S/C14H28N2/c1-5-10-15-11-8-9-14(4)16(12-6-2)13-7-3/h6-7,14-15H,2-3,5,8-13H2,1,4H3. The minimum absolute atomic E-state index is 0.611. The second kappa shape index (κ2) is 10.9. The first-order valence-electron chi connectivity index (χ1n) is 6.42. The Morgan fingerprint density at radius 3 is 2.31 bits per heavy atom. The van der Waals surface area contributed by atoms with Crippen LogP contribution in [0.2, 0.25) is 0 Å². The van der Waals surface area contributed by atoms with Crippen LogP contribution in [0.15, 0.2) is 25.3 Å². The molecule has 0 aromatic rings. The maximum Gasteiger partial charge on any atom is 0.0166 e. The van der Waals surface area contributed by atoms with Crippen molar-refractivity contribution in [1.82, 2.24) is 10.2 Å². The molecule has 0 aromatic heterocycles. The van der Waals surface area contributed by atoms with Gasteiger partial charge in [-0.05, 0) is 39.3 Å². The summed E-state index contributed by atoms with van der Waals surface area (Å²) in [4.78, 5) is 2.40. The molecule has 0 spiro atoms. The van der Waals surface area contributed by atoms with E-state index in [9.17, 15) is 0 Å². The Kier molecular flexibility index (Phi) is 10.5. The molecule has 0 rings (SSSR count). The van der Waals surface area contributed by atoms with Crippen LogP contribution in [0.1, 0.15) is 33.1 Å². The van der Waals surface area contributed by atoms with E-state index in [1.54, 1.807) is 0 Å². The zero-order chi connectivity index (χ0) is 12.2. The van der Waals surface area contributed by atoms with Gasteiger partial charge in [0.2, 0.25) is 0 Å². The highest BCUT2D eigenvalue weighted by molar-refractivity contribution is 4.82. The molecule has 0 aliphatic carbocycles. The molecule has 94 valence electrons. The predicted molar refractivity (Wildman–Crippen MR) is 73.8 cm³/mol. The third-order valence-corrected chi connectivity index (χ3v) is 2.75. The monoisotopic (exact) mass is 224 g/mol. The van der Waals surface area contributed by atoms with Crippen molar-refractivity contribution in [3.05, 3.63) is 25.3 Å². The molecule has 0 heterocycles. The van der Waals surface area contributed by atoms with Crippen LogP contribution in [0.3, 0.4) is 0 Å². The predicted octanol–water partition coefficient (Wildman–Crippen LogP) is 2.83. The van der Waals surface area contributed by atoms with Crippen LogP contribution < -0.4 is 5.32 Å². The smallest absolute Gasteiger partial charge is 0.0166 e. The van der Waals surface area contributed by atoms with Gasteiger partial charge < -0.3 is 5.32 Å². The molecule has 0 aromatic carbocycles. The van der Waals surface area contributed by atoms with Gasteiger partial charge in [0.25, 0.3) is 0 Å². The Labute approximate surface area is 101 Å². The molecule has 0 bridgehead atoms. The molecule has 0 saturated carbocycles. The van der Waals surface area contributed by atoms with E-state index in [4.69, 9.17) is 0 Å². The van der Waals surface area contributed by atoms with Crippen LogP contribution in [0.5, 0.6) is 0 Å². The van der Waals surface area contributed by atoms with Crippen LogP contribution in [-0.2, 0) is 0 Å². The van der Waals surface area contributed by atoms with E-state index in [2.05, 4.69) is 37.2 Å². The summed E-state index contributed by atoms with van der Waals surface area (Å²) in [5.74, 6) is 0. The minimum Gasteiger partial charge on any atom is -0.317 e. The van der Waals surface area contributed by atoms with Crippen LogP contribution in [0.25, 0.3) is 0 Å². The molecular formula is C14H28N2. The number of nitrogens with one attached hydrogen (secondary N) is 1. The number of hydrogen-bond donors (Lipinski definition) is 1. The fraction of sp³-hybridized carbons (Fsp3) is 0.714. The van der Waals surface area contributed by atoms with E-state index in [1.807, 2.05) is 12.2 Å². The van der Waals surface area contributed by atoms with Gasteiger partial charge in [-0.1, -0.05) is 19.1 Å². The zero-order valence-corrected chi connectivity index (χ0v) is 11.0. The Morgan fingerprint density at radius 2 is 1.81 bits per heavy atom. The lowest BCUT2D eigenvalue weighted by atomic mass is 10.1. The largest absolute Gasteiger partial charge is 0.317 e. The highest BCUT2D eigenvalue weighted by atomic mass is 15.1. The highest BCUT2D eigenvalue weighted by Gasteiger charge is 2.09. The van der Waals surface area contributed by atoms with Crippen LogP contribution in [0, 0.1) is 0 Å². The van der Waals surface area contributed by atoms with Crippen molar-refractivity contribution in [1.29, 1.82) is 0 Å². The van der Waals surface area contributed by atoms with Gasteiger partial charge in [0.05, 0.1) is 0 Å². The molecule has 0 aliphatic rings. The van der Waals surface area contributed by atoms with E-state index in [-0.39, 0.29) is 0 Å². The molecule has 0 radical (unpaired) electrons. The van der Waals surface area contributed by atoms with Crippen LogP contribution >= 0.6 is 0 Å². The summed E-state index contributed by atoms with van der Waals surface area (Å²) >= 11 is 0. The van der Waals surface area contributed by atoms with Crippen molar-refractivity contribution < 1.29 is 0 Å². The first kappa shape index (κ1) is 15.4. The third-order valence-electron chi connectivity index (χ3n) is 2.75. The lowest BCUT2D eigenvalue weighted by Crippen LogP contribution is -2.34. The Hall–Kier alpha value is -0.600. The number of hydrogen-bond acceptors (Lipinski definition) is 2. The second-order valence-electron chi connectivity index (χ2n) is 4.27. The van der Waals surface area contributed by atoms with Crippen molar-refractivity contribution in [3.63, 3.8) is 0 Å². The second-order valence-corrected chi connectivity index (χ2v) is 4.27. The van der Waals surface area contributed by atoms with Gasteiger partial charge in [-0.3, -0.25) is 4.90 Å². The van der Waals surface area contributed by atoms with Gasteiger partial charge in [-0.15, -0.1) is 13.2 Å². The third kappa shape index (κ3) is 7.66. The minimum atomic E-state index is 0.611. The van der Waals surface area contributed by atoms with Gasteiger partial charge in [-0.25, -0.2) is 0 Å². The molecule has 2 heteroatoms. The molecule has 0 fully saturated rings. The molecule has 1 atom stereocenters. The molecule has 0 amide bonds. The van der Waals surface area contributed by atoms with Gasteiger partial charge in [0.15, 0.2) is 0 Å². The van der Waals surface area contributed by atoms with E-state index < -0.39 is 0 Å². The quantitative estimate of drug-likeness (QED) is 0.429. The van der Waals surface area contributed by atoms with Crippen molar-refractivity contribution in [2.24, 2.45) is 0 Å². The first-order chi connectivity index (χ1) is 7.76. The summed E-state index contributed by atoms with van der Waals surface area (Å²) in [6.07, 6.45) is 7.63. The topological polar surface area (TPSA) is 15.3 Å². The molecule has 0 aliphatic heterocycles. The number of nitrogens with zero attached hydrogens (tertiary/aromatic N) is 1. The lowest BCUT2D eigenvalue weighted by Gasteiger charge is -2.26. The van der Waals surface area contributed by atoms with Crippen LogP contribution in [-0.4, -0.2) is 37.1 Å². The van der Waals surface area contributed by atoms with Crippen molar-refractivity contribution in [3.8, 4) is 0 Å². The van der Waals surface area contributed by atoms with E-state index in [0.29, 0.717) is 6.04 Å². The number of rotatable bonds is 11. The molecule has 1 unspecified atom stereocenters. The van der Waals surface area contributed by atoms with E-state index >= 15 is 0 Å². The fourth-order valence-electron chi connectivity index (χ4n) is 1.77. The SMILES string of the molecule is C=CCN(CC=C)C(C)CCCNCCC.